The van der Waals surface area contributed by atoms with E-state index in [4.69, 9.17) is 0 Å². The maximum Gasteiger partial charge on any atom is 0.387 e. The molecule has 7 nitrogen and oxygen atoms in total. The van der Waals surface area contributed by atoms with Crippen LogP contribution in [0.25, 0.3) is 17.3 Å². The number of thiazole rings is 1. The Kier molecular flexibility index (Phi) is 7.93. The molecule has 4 rings (SSSR count). The highest BCUT2D eigenvalue weighted by molar-refractivity contribution is 7.07. The van der Waals surface area contributed by atoms with Crippen molar-refractivity contribution >= 4 is 28.9 Å². The Morgan fingerprint density at radius 3 is 2.36 bits per heavy atom. The van der Waals surface area contributed by atoms with E-state index in [9.17, 15) is 23.6 Å². The Morgan fingerprint density at radius 2 is 1.78 bits per heavy atom. The molecule has 10 heteroatoms. The minimum absolute atomic E-state index is 0.00424. The van der Waals surface area contributed by atoms with Crippen molar-refractivity contribution < 1.29 is 18.3 Å². The van der Waals surface area contributed by atoms with Gasteiger partial charge in [-0.15, -0.1) is 11.3 Å². The summed E-state index contributed by atoms with van der Waals surface area (Å²) in [5.41, 5.74) is 0.643. The molecule has 1 saturated heterocycles. The number of hydrogen-bond donors (Lipinski definition) is 0. The highest BCUT2D eigenvalue weighted by atomic mass is 32.1. The summed E-state index contributed by atoms with van der Waals surface area (Å²) >= 11 is 1.05. The number of nitriles is 1. The smallest absolute Gasteiger partial charge is 0.387 e. The second-order valence-electron chi connectivity index (χ2n) is 8.05. The number of benzene rings is 2. The van der Waals surface area contributed by atoms with Crippen molar-refractivity contribution in [1.82, 2.24) is 14.4 Å². The van der Waals surface area contributed by atoms with Gasteiger partial charge >= 0.3 is 6.61 Å². The van der Waals surface area contributed by atoms with Gasteiger partial charge in [-0.25, -0.2) is 0 Å². The third-order valence-corrected chi connectivity index (χ3v) is 6.98. The molecule has 0 N–H and O–H groups in total. The molecule has 0 unspecified atom stereocenters. The van der Waals surface area contributed by atoms with Crippen LogP contribution in [-0.4, -0.2) is 59.6 Å². The summed E-state index contributed by atoms with van der Waals surface area (Å²) in [4.78, 5) is 30.7. The molecule has 0 radical (unpaired) electrons. The summed E-state index contributed by atoms with van der Waals surface area (Å²) in [5.74, 6) is -0.399. The molecule has 1 amide bonds. The number of nitrogens with zero attached hydrogens (tertiary/aromatic N) is 4. The lowest BCUT2D eigenvalue weighted by molar-refractivity contribution is -0.126. The number of piperazine rings is 1. The number of carbonyl (C=O) groups is 1. The Morgan fingerprint density at radius 1 is 1.11 bits per heavy atom. The summed E-state index contributed by atoms with van der Waals surface area (Å²) in [6.07, 6.45) is 1.60. The van der Waals surface area contributed by atoms with E-state index in [2.05, 4.69) is 16.6 Å². The van der Waals surface area contributed by atoms with Gasteiger partial charge in [-0.2, -0.15) is 14.0 Å². The van der Waals surface area contributed by atoms with Crippen molar-refractivity contribution in [3.63, 3.8) is 0 Å². The summed E-state index contributed by atoms with van der Waals surface area (Å²) in [6, 6.07) is 16.7. The van der Waals surface area contributed by atoms with Crippen LogP contribution < -0.4 is 19.5 Å². The second kappa shape index (κ2) is 11.3. The quantitative estimate of drug-likeness (QED) is 0.508. The monoisotopic (exact) mass is 510 g/mol. The molecule has 0 saturated carbocycles. The third kappa shape index (κ3) is 5.53. The lowest BCUT2D eigenvalue weighted by atomic mass is 10.2. The first kappa shape index (κ1) is 25.3. The zero-order valence-corrected chi connectivity index (χ0v) is 20.4. The van der Waals surface area contributed by atoms with Gasteiger partial charge in [0.2, 0.25) is 0 Å². The first-order valence-corrected chi connectivity index (χ1v) is 12.2. The lowest BCUT2D eigenvalue weighted by Crippen LogP contribution is -2.49. The molecule has 186 valence electrons. The SMILES string of the molecule is CCN1CCN(C(=O)/C(C#N)=c2\s/c(=C/c3ccc(OC(F)F)cc3)c(=O)n2-c2ccccc2)CC1. The van der Waals surface area contributed by atoms with Gasteiger partial charge in [-0.1, -0.05) is 37.3 Å². The molecular formula is C26H24F2N4O3S. The van der Waals surface area contributed by atoms with Crippen molar-refractivity contribution in [2.45, 2.75) is 13.5 Å². The Bertz CT molecular complexity index is 1440. The van der Waals surface area contributed by atoms with E-state index in [0.717, 1.165) is 31.0 Å². The fourth-order valence-corrected chi connectivity index (χ4v) is 5.07. The molecule has 36 heavy (non-hydrogen) atoms. The van der Waals surface area contributed by atoms with Crippen LogP contribution >= 0.6 is 11.3 Å². The van der Waals surface area contributed by atoms with Gasteiger partial charge in [0, 0.05) is 26.2 Å². The minimum atomic E-state index is -2.93. The van der Waals surface area contributed by atoms with Crippen LogP contribution in [0.15, 0.2) is 59.4 Å². The van der Waals surface area contributed by atoms with Gasteiger partial charge in [0.1, 0.15) is 16.5 Å². The molecular weight excluding hydrogens is 486 g/mol. The van der Waals surface area contributed by atoms with Gasteiger partial charge < -0.3 is 14.5 Å². The number of hydrogen-bond acceptors (Lipinski definition) is 6. The topological polar surface area (TPSA) is 78.6 Å². The molecule has 2 aromatic carbocycles. The fraction of sp³-hybridized carbons (Fsp3) is 0.269. The van der Waals surface area contributed by atoms with E-state index in [0.29, 0.717) is 28.9 Å². The van der Waals surface area contributed by atoms with Crippen LogP contribution in [0.3, 0.4) is 0 Å². The standard InChI is InChI=1S/C26H24F2N4O3S/c1-2-30-12-14-31(15-13-30)23(33)21(17-29)25-32(19-6-4-3-5-7-19)24(34)22(36-25)16-18-8-10-20(11-9-18)35-26(27)28/h3-11,16,26H,2,12-15H2,1H3/b22-16+,25-21-. The molecule has 1 aliphatic rings. The van der Waals surface area contributed by atoms with E-state index in [1.807, 2.05) is 12.1 Å². The van der Waals surface area contributed by atoms with Gasteiger partial charge in [0.05, 0.1) is 10.2 Å². The van der Waals surface area contributed by atoms with Crippen molar-refractivity contribution in [3.8, 4) is 17.5 Å². The van der Waals surface area contributed by atoms with Crippen LogP contribution in [0.1, 0.15) is 12.5 Å². The Labute approximate surface area is 210 Å². The molecule has 0 bridgehead atoms. The number of alkyl halides is 2. The molecule has 1 aliphatic heterocycles. The Hall–Kier alpha value is -3.81. The zero-order valence-electron chi connectivity index (χ0n) is 19.6. The maximum atomic E-state index is 13.5. The van der Waals surface area contributed by atoms with Gasteiger partial charge in [0.25, 0.3) is 11.5 Å². The van der Waals surface area contributed by atoms with Crippen LogP contribution in [0.2, 0.25) is 0 Å². The average Bonchev–Trinajstić information content (AvgIpc) is 3.21. The number of ether oxygens (including phenoxy) is 1. The number of amides is 1. The van der Waals surface area contributed by atoms with Crippen LogP contribution in [0.5, 0.6) is 5.75 Å². The fourth-order valence-electron chi connectivity index (χ4n) is 3.97. The average molecular weight is 511 g/mol. The lowest BCUT2D eigenvalue weighted by Gasteiger charge is -2.33. The van der Waals surface area contributed by atoms with E-state index in [1.165, 1.54) is 16.7 Å². The number of para-hydroxylation sites is 1. The number of likely N-dealkylation sites (N-methyl/N-ethyl adjacent to an activating group) is 1. The third-order valence-electron chi connectivity index (χ3n) is 5.89. The van der Waals surface area contributed by atoms with Crippen molar-refractivity contribution in [3.05, 3.63) is 79.7 Å². The normalized spacial score (nSPS) is 15.6. The van der Waals surface area contributed by atoms with Gasteiger partial charge in [-0.3, -0.25) is 14.2 Å². The van der Waals surface area contributed by atoms with Crippen molar-refractivity contribution in [2.75, 3.05) is 32.7 Å². The maximum absolute atomic E-state index is 13.5. The molecule has 2 heterocycles. The van der Waals surface area contributed by atoms with E-state index in [1.54, 1.807) is 47.4 Å². The van der Waals surface area contributed by atoms with E-state index < -0.39 is 12.5 Å². The van der Waals surface area contributed by atoms with Crippen LogP contribution in [0.4, 0.5) is 8.78 Å². The van der Waals surface area contributed by atoms with E-state index in [-0.39, 0.29) is 21.5 Å². The summed E-state index contributed by atoms with van der Waals surface area (Å²) in [7, 11) is 0. The highest BCUT2D eigenvalue weighted by Crippen LogP contribution is 2.15. The summed E-state index contributed by atoms with van der Waals surface area (Å²) in [6.45, 7) is 2.48. The van der Waals surface area contributed by atoms with Gasteiger partial charge in [-0.05, 0) is 42.4 Å². The Balaban J connectivity index is 1.83. The first-order chi connectivity index (χ1) is 17.4. The molecule has 0 aliphatic carbocycles. The van der Waals surface area contributed by atoms with E-state index >= 15 is 0 Å². The summed E-state index contributed by atoms with van der Waals surface area (Å²) < 4.78 is 31.2. The second-order valence-corrected chi connectivity index (χ2v) is 9.08. The minimum Gasteiger partial charge on any atom is -0.435 e. The number of aromatic nitrogens is 1. The van der Waals surface area contributed by atoms with Crippen LogP contribution in [0, 0.1) is 11.3 Å². The molecule has 3 aromatic rings. The number of halogens is 2. The van der Waals surface area contributed by atoms with Crippen LogP contribution in [-0.2, 0) is 4.79 Å². The molecule has 0 atom stereocenters. The zero-order chi connectivity index (χ0) is 25.7. The molecule has 1 aromatic heterocycles. The predicted octanol–water partition coefficient (Wildman–Crippen LogP) is 2.17. The number of rotatable bonds is 6. The molecule has 0 spiro atoms. The largest absolute Gasteiger partial charge is 0.435 e. The summed E-state index contributed by atoms with van der Waals surface area (Å²) in [5, 5.41) is 10.0. The predicted molar refractivity (Wildman–Crippen MR) is 134 cm³/mol. The highest BCUT2D eigenvalue weighted by Gasteiger charge is 2.25. The van der Waals surface area contributed by atoms with Gasteiger partial charge in [0.15, 0.2) is 5.57 Å². The molecule has 1 fully saturated rings. The van der Waals surface area contributed by atoms with Crippen molar-refractivity contribution in [1.29, 1.82) is 5.26 Å². The first-order valence-electron chi connectivity index (χ1n) is 11.4. The van der Waals surface area contributed by atoms with Crippen molar-refractivity contribution in [2.24, 2.45) is 0 Å². The number of carbonyl (C=O) groups excluding carboxylic acids is 1.